The van der Waals surface area contributed by atoms with E-state index in [2.05, 4.69) is 17.1 Å². The zero-order valence-corrected chi connectivity index (χ0v) is 14.8. The third kappa shape index (κ3) is 6.49. The summed E-state index contributed by atoms with van der Waals surface area (Å²) in [4.78, 5) is 14.2. The number of aryl methyl sites for hydroxylation is 1. The number of amides is 1. The molecule has 0 aliphatic carbocycles. The summed E-state index contributed by atoms with van der Waals surface area (Å²) in [5, 5.41) is 12.9. The number of ether oxygens (including phenoxy) is 1. The minimum absolute atomic E-state index is 0.0239. The summed E-state index contributed by atoms with van der Waals surface area (Å²) in [6, 6.07) is 7.75. The van der Waals surface area contributed by atoms with E-state index in [-0.39, 0.29) is 5.91 Å². The summed E-state index contributed by atoms with van der Waals surface area (Å²) in [6.45, 7) is 5.33. The number of aliphatic hydroxyl groups excluding tert-OH is 1. The molecule has 1 amide bonds. The van der Waals surface area contributed by atoms with Crippen LogP contribution in [0.5, 0.6) is 5.75 Å². The molecule has 0 saturated carbocycles. The van der Waals surface area contributed by atoms with Crippen LogP contribution in [0.3, 0.4) is 0 Å². The van der Waals surface area contributed by atoms with Crippen LogP contribution < -0.4 is 10.1 Å². The number of likely N-dealkylation sites (tertiary alicyclic amines) is 1. The molecule has 134 valence electrons. The van der Waals surface area contributed by atoms with Gasteiger partial charge in [0.25, 0.3) is 0 Å². The third-order valence-electron chi connectivity index (χ3n) is 4.65. The Morgan fingerprint density at radius 2 is 2.17 bits per heavy atom. The average molecular weight is 334 g/mol. The molecule has 1 saturated heterocycles. The normalized spacial score (nSPS) is 17.5. The predicted octanol–water partition coefficient (Wildman–Crippen LogP) is 1.84. The molecule has 0 spiro atoms. The van der Waals surface area contributed by atoms with Gasteiger partial charge in [-0.2, -0.15) is 0 Å². The molecule has 1 heterocycles. The summed E-state index contributed by atoms with van der Waals surface area (Å²) in [5.41, 5.74) is 1.08. The number of rotatable bonds is 8. The van der Waals surface area contributed by atoms with E-state index in [9.17, 15) is 9.90 Å². The van der Waals surface area contributed by atoms with Gasteiger partial charge >= 0.3 is 0 Å². The summed E-state index contributed by atoms with van der Waals surface area (Å²) in [5.74, 6) is 1.57. The number of piperidine rings is 1. The highest BCUT2D eigenvalue weighted by atomic mass is 16.5. The van der Waals surface area contributed by atoms with E-state index in [0.717, 1.165) is 30.3 Å². The maximum Gasteiger partial charge on any atom is 0.220 e. The first-order valence-electron chi connectivity index (χ1n) is 8.87. The van der Waals surface area contributed by atoms with Crippen LogP contribution in [-0.2, 0) is 11.2 Å². The Morgan fingerprint density at radius 1 is 1.42 bits per heavy atom. The van der Waals surface area contributed by atoms with Gasteiger partial charge in [0.15, 0.2) is 0 Å². The number of β-amino-alcohol motifs (C(OH)–C–C–N with tert-alkyl or cyclic N) is 1. The van der Waals surface area contributed by atoms with E-state index in [0.29, 0.717) is 25.9 Å². The number of hydrogen-bond acceptors (Lipinski definition) is 4. The first-order chi connectivity index (χ1) is 11.6. The Bertz CT molecular complexity index is 513. The molecule has 1 fully saturated rings. The minimum Gasteiger partial charge on any atom is -0.497 e. The van der Waals surface area contributed by atoms with Gasteiger partial charge in [-0.1, -0.05) is 19.1 Å². The van der Waals surface area contributed by atoms with Crippen molar-refractivity contribution in [2.45, 2.75) is 38.7 Å². The molecule has 1 aromatic carbocycles. The third-order valence-corrected chi connectivity index (χ3v) is 4.65. The van der Waals surface area contributed by atoms with E-state index >= 15 is 0 Å². The fourth-order valence-corrected chi connectivity index (χ4v) is 3.01. The second-order valence-corrected chi connectivity index (χ2v) is 6.79. The van der Waals surface area contributed by atoms with Gasteiger partial charge in [-0.05, 0) is 56.0 Å². The van der Waals surface area contributed by atoms with E-state index in [1.165, 1.54) is 12.8 Å². The highest BCUT2D eigenvalue weighted by molar-refractivity contribution is 5.76. The van der Waals surface area contributed by atoms with Crippen LogP contribution >= 0.6 is 0 Å². The van der Waals surface area contributed by atoms with Gasteiger partial charge in [0.05, 0.1) is 13.2 Å². The molecular weight excluding hydrogens is 304 g/mol. The molecule has 2 N–H and O–H groups in total. The lowest BCUT2D eigenvalue weighted by Gasteiger charge is -2.31. The van der Waals surface area contributed by atoms with Crippen LogP contribution in [-0.4, -0.2) is 55.3 Å². The molecular formula is C19H30N2O3. The van der Waals surface area contributed by atoms with Crippen LogP contribution in [0.25, 0.3) is 0 Å². The molecule has 1 atom stereocenters. The molecule has 5 nitrogen and oxygen atoms in total. The maximum absolute atomic E-state index is 11.9. The number of carbonyl (C=O) groups is 1. The monoisotopic (exact) mass is 334 g/mol. The van der Waals surface area contributed by atoms with Gasteiger partial charge in [-0.3, -0.25) is 4.79 Å². The lowest BCUT2D eigenvalue weighted by atomic mass is 9.99. The molecule has 0 radical (unpaired) electrons. The second-order valence-electron chi connectivity index (χ2n) is 6.79. The highest BCUT2D eigenvalue weighted by Crippen LogP contribution is 2.16. The van der Waals surface area contributed by atoms with Gasteiger partial charge in [-0.25, -0.2) is 0 Å². The molecule has 1 aliphatic heterocycles. The predicted molar refractivity (Wildman–Crippen MR) is 95.2 cm³/mol. The number of hydrogen-bond donors (Lipinski definition) is 2. The first-order valence-corrected chi connectivity index (χ1v) is 8.87. The topological polar surface area (TPSA) is 61.8 Å². The van der Waals surface area contributed by atoms with Crippen LogP contribution in [0.2, 0.25) is 0 Å². The van der Waals surface area contributed by atoms with Gasteiger partial charge in [0, 0.05) is 19.5 Å². The lowest BCUT2D eigenvalue weighted by molar-refractivity contribution is -0.121. The number of aliphatic hydroxyl groups is 1. The smallest absolute Gasteiger partial charge is 0.220 e. The fraction of sp³-hybridized carbons (Fsp3) is 0.632. The zero-order valence-electron chi connectivity index (χ0n) is 14.8. The first kappa shape index (κ1) is 18.7. The Kier molecular flexibility index (Phi) is 7.53. The molecule has 5 heteroatoms. The zero-order chi connectivity index (χ0) is 17.4. The van der Waals surface area contributed by atoms with E-state index < -0.39 is 6.10 Å². The van der Waals surface area contributed by atoms with Crippen molar-refractivity contribution in [3.8, 4) is 5.75 Å². The quantitative estimate of drug-likeness (QED) is 0.761. The number of benzene rings is 1. The maximum atomic E-state index is 11.9. The number of methoxy groups -OCH3 is 1. The van der Waals surface area contributed by atoms with E-state index in [1.807, 2.05) is 24.3 Å². The average Bonchev–Trinajstić information content (AvgIpc) is 2.60. The number of carbonyl (C=O) groups excluding carboxylic acids is 1. The molecule has 1 aromatic rings. The minimum atomic E-state index is -0.501. The lowest BCUT2D eigenvalue weighted by Crippen LogP contribution is -2.43. The summed E-state index contributed by atoms with van der Waals surface area (Å²) in [7, 11) is 1.64. The van der Waals surface area contributed by atoms with Crippen LogP contribution in [0.4, 0.5) is 0 Å². The van der Waals surface area contributed by atoms with Crippen molar-refractivity contribution >= 4 is 5.91 Å². The Hall–Kier alpha value is -1.59. The van der Waals surface area contributed by atoms with Crippen LogP contribution in [0.1, 0.15) is 31.7 Å². The van der Waals surface area contributed by atoms with Crippen molar-refractivity contribution in [1.82, 2.24) is 10.2 Å². The van der Waals surface area contributed by atoms with Crippen molar-refractivity contribution in [2.75, 3.05) is 33.3 Å². The van der Waals surface area contributed by atoms with E-state index in [1.54, 1.807) is 7.11 Å². The van der Waals surface area contributed by atoms with Crippen molar-refractivity contribution in [1.29, 1.82) is 0 Å². The van der Waals surface area contributed by atoms with Gasteiger partial charge in [-0.15, -0.1) is 0 Å². The molecule has 1 unspecified atom stereocenters. The molecule has 1 aliphatic rings. The molecule has 0 bridgehead atoms. The van der Waals surface area contributed by atoms with Crippen LogP contribution in [0.15, 0.2) is 24.3 Å². The van der Waals surface area contributed by atoms with Crippen molar-refractivity contribution in [3.63, 3.8) is 0 Å². The fourth-order valence-electron chi connectivity index (χ4n) is 3.01. The Balaban J connectivity index is 1.63. The van der Waals surface area contributed by atoms with Gasteiger partial charge in [0.2, 0.25) is 5.91 Å². The number of nitrogens with zero attached hydrogens (tertiary/aromatic N) is 1. The van der Waals surface area contributed by atoms with Crippen molar-refractivity contribution in [3.05, 3.63) is 29.8 Å². The Morgan fingerprint density at radius 3 is 2.88 bits per heavy atom. The van der Waals surface area contributed by atoms with Crippen molar-refractivity contribution in [2.24, 2.45) is 5.92 Å². The Labute approximate surface area is 145 Å². The molecule has 2 rings (SSSR count). The standard InChI is InChI=1S/C19H30N2O3/c1-15-8-10-21(11-9-15)14-17(22)13-20-19(23)7-6-16-4-3-5-18(12-16)24-2/h3-5,12,15,17,22H,6-11,13-14H2,1-2H3,(H,20,23). The van der Waals surface area contributed by atoms with Crippen LogP contribution in [0, 0.1) is 5.92 Å². The number of nitrogens with one attached hydrogen (secondary N) is 1. The van der Waals surface area contributed by atoms with Gasteiger partial charge in [0.1, 0.15) is 5.75 Å². The SMILES string of the molecule is COc1cccc(CCC(=O)NCC(O)CN2CCC(C)CC2)c1. The summed E-state index contributed by atoms with van der Waals surface area (Å²) < 4.78 is 5.18. The van der Waals surface area contributed by atoms with E-state index in [4.69, 9.17) is 4.74 Å². The summed E-state index contributed by atoms with van der Waals surface area (Å²) in [6.07, 6.45) is 2.97. The van der Waals surface area contributed by atoms with Crippen molar-refractivity contribution < 1.29 is 14.6 Å². The summed E-state index contributed by atoms with van der Waals surface area (Å²) >= 11 is 0. The molecule has 24 heavy (non-hydrogen) atoms. The second kappa shape index (κ2) is 9.64. The molecule has 0 aromatic heterocycles. The van der Waals surface area contributed by atoms with Gasteiger partial charge < -0.3 is 20.1 Å². The largest absolute Gasteiger partial charge is 0.497 e. The highest BCUT2D eigenvalue weighted by Gasteiger charge is 2.18.